The van der Waals surface area contributed by atoms with Gasteiger partial charge in [0, 0.05) is 35.1 Å². The zero-order valence-electron chi connectivity index (χ0n) is 18.5. The molecule has 0 aliphatic heterocycles. The number of nitrogens with one attached hydrogen (secondary N) is 2. The van der Waals surface area contributed by atoms with Gasteiger partial charge in [-0.05, 0) is 48.6 Å². The maximum absolute atomic E-state index is 12.3. The number of nitrogens with zero attached hydrogens (tertiary/aromatic N) is 2. The minimum Gasteiger partial charge on any atom is -0.337 e. The largest absolute Gasteiger partial charge is 0.337 e. The summed E-state index contributed by atoms with van der Waals surface area (Å²) in [5.41, 5.74) is 7.09. The molecule has 7 heteroatoms. The summed E-state index contributed by atoms with van der Waals surface area (Å²) < 4.78 is 27.5. The second-order valence-electron chi connectivity index (χ2n) is 8.35. The standard InChI is InChI=1S/C26H26N4O2S/c1-2-16-33(31,32)30-23-11-9-20-17-21(8-10-22(20)23)25-24(18-12-14-27-15-13-18)28-26(29-25)19-6-4-3-5-7-19/h3-8,10,12-15,17,23,30H,2,9,11,16H2,1H3,(H,28,29). The zero-order chi connectivity index (χ0) is 22.8. The summed E-state index contributed by atoms with van der Waals surface area (Å²) >= 11 is 0. The van der Waals surface area contributed by atoms with E-state index in [1.54, 1.807) is 12.4 Å². The monoisotopic (exact) mass is 458 g/mol. The SMILES string of the molecule is CCCS(=O)(=O)NC1CCc2cc(-c3[nH]c(-c4ccccc4)nc3-c3ccncc3)ccc21. The molecule has 4 aromatic rings. The Kier molecular flexibility index (Phi) is 5.83. The third-order valence-corrected chi connectivity index (χ3v) is 7.60. The minimum atomic E-state index is -3.26. The minimum absolute atomic E-state index is 0.155. The van der Waals surface area contributed by atoms with Gasteiger partial charge >= 0.3 is 0 Å². The molecule has 2 aromatic carbocycles. The second-order valence-corrected chi connectivity index (χ2v) is 10.2. The summed E-state index contributed by atoms with van der Waals surface area (Å²) in [5.74, 6) is 0.964. The van der Waals surface area contributed by atoms with E-state index in [-0.39, 0.29) is 11.8 Å². The average molecular weight is 459 g/mol. The first-order chi connectivity index (χ1) is 16.0. The molecule has 0 radical (unpaired) electrons. The number of aromatic nitrogens is 3. The van der Waals surface area contributed by atoms with E-state index in [0.717, 1.165) is 52.3 Å². The van der Waals surface area contributed by atoms with E-state index in [0.29, 0.717) is 6.42 Å². The maximum Gasteiger partial charge on any atom is 0.212 e. The van der Waals surface area contributed by atoms with E-state index in [1.165, 1.54) is 5.56 Å². The Hall–Kier alpha value is -3.29. The van der Waals surface area contributed by atoms with Crippen molar-refractivity contribution < 1.29 is 8.42 Å². The van der Waals surface area contributed by atoms with Gasteiger partial charge < -0.3 is 4.98 Å². The molecule has 168 valence electrons. The normalized spacial score (nSPS) is 15.5. The van der Waals surface area contributed by atoms with E-state index in [1.807, 2.05) is 49.4 Å². The summed E-state index contributed by atoms with van der Waals surface area (Å²) in [7, 11) is -3.26. The molecule has 2 aromatic heterocycles. The van der Waals surface area contributed by atoms with Crippen LogP contribution in [0.1, 0.15) is 36.9 Å². The molecule has 33 heavy (non-hydrogen) atoms. The first-order valence-corrected chi connectivity index (χ1v) is 12.9. The molecule has 0 amide bonds. The lowest BCUT2D eigenvalue weighted by Crippen LogP contribution is -2.29. The van der Waals surface area contributed by atoms with Crippen LogP contribution in [0.25, 0.3) is 33.9 Å². The highest BCUT2D eigenvalue weighted by atomic mass is 32.2. The Morgan fingerprint density at radius 3 is 2.55 bits per heavy atom. The first-order valence-electron chi connectivity index (χ1n) is 11.2. The van der Waals surface area contributed by atoms with Crippen LogP contribution in [0.2, 0.25) is 0 Å². The number of benzene rings is 2. The Bertz CT molecular complexity index is 1370. The molecule has 1 aliphatic rings. The third kappa shape index (κ3) is 4.47. The van der Waals surface area contributed by atoms with Crippen molar-refractivity contribution in [1.82, 2.24) is 19.7 Å². The zero-order valence-corrected chi connectivity index (χ0v) is 19.3. The molecule has 1 unspecified atom stereocenters. The number of rotatable bonds is 7. The summed E-state index contributed by atoms with van der Waals surface area (Å²) in [6, 6.07) is 20.1. The Morgan fingerprint density at radius 1 is 1.00 bits per heavy atom. The fraction of sp³-hybridized carbons (Fsp3) is 0.231. The van der Waals surface area contributed by atoms with Crippen molar-refractivity contribution in [3.05, 3.63) is 84.2 Å². The number of sulfonamides is 1. The van der Waals surface area contributed by atoms with E-state index in [4.69, 9.17) is 4.98 Å². The Morgan fingerprint density at radius 2 is 1.79 bits per heavy atom. The van der Waals surface area contributed by atoms with Crippen LogP contribution in [-0.4, -0.2) is 29.1 Å². The first kappa shape index (κ1) is 21.6. The van der Waals surface area contributed by atoms with Crippen molar-refractivity contribution in [2.45, 2.75) is 32.2 Å². The van der Waals surface area contributed by atoms with Gasteiger partial charge in [0.05, 0.1) is 17.1 Å². The summed E-state index contributed by atoms with van der Waals surface area (Å²) in [6.07, 6.45) is 5.76. The molecular formula is C26H26N4O2S. The van der Waals surface area contributed by atoms with Crippen molar-refractivity contribution in [1.29, 1.82) is 0 Å². The number of fused-ring (bicyclic) bond motifs is 1. The van der Waals surface area contributed by atoms with Crippen molar-refractivity contribution in [2.75, 3.05) is 5.75 Å². The molecule has 0 fully saturated rings. The fourth-order valence-corrected chi connectivity index (χ4v) is 5.81. The predicted molar refractivity (Wildman–Crippen MR) is 131 cm³/mol. The van der Waals surface area contributed by atoms with Crippen LogP contribution in [0.4, 0.5) is 0 Å². The van der Waals surface area contributed by atoms with Crippen LogP contribution in [0.3, 0.4) is 0 Å². The van der Waals surface area contributed by atoms with Gasteiger partial charge in [-0.25, -0.2) is 18.1 Å². The highest BCUT2D eigenvalue weighted by molar-refractivity contribution is 7.89. The van der Waals surface area contributed by atoms with Crippen LogP contribution in [0.5, 0.6) is 0 Å². The molecule has 0 saturated heterocycles. The topological polar surface area (TPSA) is 87.7 Å². The number of imidazole rings is 1. The van der Waals surface area contributed by atoms with Gasteiger partial charge in [0.1, 0.15) is 5.82 Å². The molecule has 2 heterocycles. The number of hydrogen-bond donors (Lipinski definition) is 2. The lowest BCUT2D eigenvalue weighted by Gasteiger charge is -2.14. The lowest BCUT2D eigenvalue weighted by atomic mass is 10.0. The summed E-state index contributed by atoms with van der Waals surface area (Å²) in [5, 5.41) is 0. The Labute approximate surface area is 194 Å². The molecule has 6 nitrogen and oxygen atoms in total. The van der Waals surface area contributed by atoms with Gasteiger partial charge in [0.2, 0.25) is 10.0 Å². The van der Waals surface area contributed by atoms with E-state index >= 15 is 0 Å². The quantitative estimate of drug-likeness (QED) is 0.402. The predicted octanol–water partition coefficient (Wildman–Crippen LogP) is 5.12. The number of aromatic amines is 1. The van der Waals surface area contributed by atoms with Crippen LogP contribution >= 0.6 is 0 Å². The van der Waals surface area contributed by atoms with Gasteiger partial charge in [-0.15, -0.1) is 0 Å². The van der Waals surface area contributed by atoms with E-state index in [9.17, 15) is 8.42 Å². The highest BCUT2D eigenvalue weighted by Crippen LogP contribution is 2.38. The summed E-state index contributed by atoms with van der Waals surface area (Å²) in [6.45, 7) is 1.88. The van der Waals surface area contributed by atoms with Crippen LogP contribution < -0.4 is 4.72 Å². The van der Waals surface area contributed by atoms with Gasteiger partial charge in [-0.3, -0.25) is 4.98 Å². The van der Waals surface area contributed by atoms with Crippen molar-refractivity contribution >= 4 is 10.0 Å². The molecule has 0 bridgehead atoms. The van der Waals surface area contributed by atoms with Gasteiger partial charge in [0.25, 0.3) is 0 Å². The highest BCUT2D eigenvalue weighted by Gasteiger charge is 2.27. The second kappa shape index (κ2) is 8.92. The van der Waals surface area contributed by atoms with E-state index in [2.05, 4.69) is 32.9 Å². The maximum atomic E-state index is 12.3. The van der Waals surface area contributed by atoms with Crippen LogP contribution in [0, 0.1) is 0 Å². The molecule has 2 N–H and O–H groups in total. The van der Waals surface area contributed by atoms with Crippen molar-refractivity contribution in [3.63, 3.8) is 0 Å². The number of pyridine rings is 1. The molecule has 5 rings (SSSR count). The fourth-order valence-electron chi connectivity index (χ4n) is 4.47. The van der Waals surface area contributed by atoms with Crippen molar-refractivity contribution in [3.8, 4) is 33.9 Å². The van der Waals surface area contributed by atoms with E-state index < -0.39 is 10.0 Å². The third-order valence-electron chi connectivity index (χ3n) is 6.01. The Balaban J connectivity index is 1.54. The van der Waals surface area contributed by atoms with Gasteiger partial charge in [0.15, 0.2) is 0 Å². The molecule has 0 saturated carbocycles. The van der Waals surface area contributed by atoms with Crippen LogP contribution in [0.15, 0.2) is 73.1 Å². The molecule has 0 spiro atoms. The lowest BCUT2D eigenvalue weighted by molar-refractivity contribution is 0.553. The number of aryl methyl sites for hydroxylation is 1. The molecule has 1 atom stereocenters. The smallest absolute Gasteiger partial charge is 0.212 e. The van der Waals surface area contributed by atoms with Gasteiger partial charge in [-0.1, -0.05) is 49.4 Å². The molecular weight excluding hydrogens is 432 g/mol. The number of hydrogen-bond acceptors (Lipinski definition) is 4. The van der Waals surface area contributed by atoms with Crippen molar-refractivity contribution in [2.24, 2.45) is 0 Å². The molecule has 1 aliphatic carbocycles. The van der Waals surface area contributed by atoms with Crippen LogP contribution in [-0.2, 0) is 16.4 Å². The average Bonchev–Trinajstić information content (AvgIpc) is 3.44. The number of H-pyrrole nitrogens is 1. The summed E-state index contributed by atoms with van der Waals surface area (Å²) in [4.78, 5) is 12.6. The van der Waals surface area contributed by atoms with Gasteiger partial charge in [-0.2, -0.15) is 0 Å².